The number of nitrogens with one attached hydrogen (secondary N) is 1. The van der Waals surface area contributed by atoms with Gasteiger partial charge in [0.05, 0.1) is 12.2 Å². The standard InChI is InChI=1S/C18H15BrF3N3O2/c1-10-7-12(19)3-5-14(10)23-17(26)15-6-4-13(27-15)9-25-16(18(20,21)22)8-11(2)24-25/h3-8H,9H2,1-2H3,(H,23,26). The number of benzene rings is 1. The Bertz CT molecular complexity index is 992. The predicted octanol–water partition coefficient (Wildman–Crippen LogP) is 5.17. The van der Waals surface area contributed by atoms with Gasteiger partial charge in [-0.05, 0) is 55.8 Å². The Hall–Kier alpha value is -2.55. The van der Waals surface area contributed by atoms with Crippen LogP contribution in [0.3, 0.4) is 0 Å². The van der Waals surface area contributed by atoms with Crippen molar-refractivity contribution in [3.05, 3.63) is 69.3 Å². The number of rotatable bonds is 4. The lowest BCUT2D eigenvalue weighted by Gasteiger charge is -2.09. The van der Waals surface area contributed by atoms with Crippen LogP contribution in [0.1, 0.15) is 33.3 Å². The summed E-state index contributed by atoms with van der Waals surface area (Å²) in [4.78, 5) is 12.3. The van der Waals surface area contributed by atoms with Gasteiger partial charge in [0.25, 0.3) is 5.91 Å². The Morgan fingerprint density at radius 1 is 1.22 bits per heavy atom. The van der Waals surface area contributed by atoms with Crippen molar-refractivity contribution in [3.63, 3.8) is 0 Å². The number of carbonyl (C=O) groups excluding carboxylic acids is 1. The number of aromatic nitrogens is 2. The zero-order valence-corrected chi connectivity index (χ0v) is 16.0. The average Bonchev–Trinajstić information content (AvgIpc) is 3.17. The van der Waals surface area contributed by atoms with Gasteiger partial charge in [0.15, 0.2) is 5.76 Å². The molecule has 142 valence electrons. The lowest BCUT2D eigenvalue weighted by molar-refractivity contribution is -0.144. The Labute approximate surface area is 161 Å². The number of anilines is 1. The summed E-state index contributed by atoms with van der Waals surface area (Å²) in [6.45, 7) is 3.09. The molecule has 1 aromatic carbocycles. The second-order valence-electron chi connectivity index (χ2n) is 6.01. The fraction of sp³-hybridized carbons (Fsp3) is 0.222. The monoisotopic (exact) mass is 441 g/mol. The molecule has 0 unspecified atom stereocenters. The number of furan rings is 1. The first-order chi connectivity index (χ1) is 12.6. The van der Waals surface area contributed by atoms with Crippen LogP contribution in [-0.2, 0) is 12.7 Å². The SMILES string of the molecule is Cc1cc(C(F)(F)F)n(Cc2ccc(C(=O)Nc3ccc(Br)cc3C)o2)n1. The highest BCUT2D eigenvalue weighted by molar-refractivity contribution is 9.10. The quantitative estimate of drug-likeness (QED) is 0.606. The van der Waals surface area contributed by atoms with E-state index in [1.807, 2.05) is 13.0 Å². The van der Waals surface area contributed by atoms with E-state index in [0.717, 1.165) is 20.8 Å². The summed E-state index contributed by atoms with van der Waals surface area (Å²) in [6.07, 6.45) is -4.52. The van der Waals surface area contributed by atoms with E-state index in [1.54, 1.807) is 12.1 Å². The van der Waals surface area contributed by atoms with Crippen molar-refractivity contribution in [1.82, 2.24) is 9.78 Å². The first-order valence-electron chi connectivity index (χ1n) is 7.91. The molecule has 2 aromatic heterocycles. The van der Waals surface area contributed by atoms with Crippen LogP contribution >= 0.6 is 15.9 Å². The van der Waals surface area contributed by atoms with Gasteiger partial charge in [-0.3, -0.25) is 9.48 Å². The Kier molecular flexibility index (Phi) is 5.14. The number of nitrogens with zero attached hydrogens (tertiary/aromatic N) is 2. The highest BCUT2D eigenvalue weighted by Gasteiger charge is 2.35. The molecule has 0 saturated carbocycles. The maximum Gasteiger partial charge on any atom is 0.433 e. The number of hydrogen-bond donors (Lipinski definition) is 1. The average molecular weight is 442 g/mol. The Morgan fingerprint density at radius 2 is 1.96 bits per heavy atom. The molecule has 1 N–H and O–H groups in total. The number of carbonyl (C=O) groups is 1. The fourth-order valence-corrected chi connectivity index (χ4v) is 3.05. The van der Waals surface area contributed by atoms with Crippen molar-refractivity contribution in [1.29, 1.82) is 0 Å². The maximum absolute atomic E-state index is 13.0. The second kappa shape index (κ2) is 7.22. The van der Waals surface area contributed by atoms with Gasteiger partial charge >= 0.3 is 6.18 Å². The molecule has 0 spiro atoms. The van der Waals surface area contributed by atoms with Gasteiger partial charge in [-0.2, -0.15) is 18.3 Å². The van der Waals surface area contributed by atoms with Crippen molar-refractivity contribution in [2.24, 2.45) is 0 Å². The van der Waals surface area contributed by atoms with E-state index < -0.39 is 17.8 Å². The van der Waals surface area contributed by atoms with Gasteiger partial charge in [0.2, 0.25) is 0 Å². The molecule has 27 heavy (non-hydrogen) atoms. The minimum absolute atomic E-state index is 0.00440. The number of amides is 1. The van der Waals surface area contributed by atoms with E-state index in [1.165, 1.54) is 19.1 Å². The van der Waals surface area contributed by atoms with E-state index in [0.29, 0.717) is 5.69 Å². The molecule has 0 atom stereocenters. The highest BCUT2D eigenvalue weighted by atomic mass is 79.9. The summed E-state index contributed by atoms with van der Waals surface area (Å²) < 4.78 is 46.3. The molecule has 2 heterocycles. The summed E-state index contributed by atoms with van der Waals surface area (Å²) in [6, 6.07) is 9.22. The summed E-state index contributed by atoms with van der Waals surface area (Å²) in [5.74, 6) is -0.287. The first kappa shape index (κ1) is 19.2. The van der Waals surface area contributed by atoms with E-state index in [-0.39, 0.29) is 23.8 Å². The van der Waals surface area contributed by atoms with E-state index in [4.69, 9.17) is 4.42 Å². The molecule has 0 aliphatic carbocycles. The lowest BCUT2D eigenvalue weighted by Crippen LogP contribution is -2.15. The smallest absolute Gasteiger partial charge is 0.433 e. The Morgan fingerprint density at radius 3 is 2.63 bits per heavy atom. The number of hydrogen-bond acceptors (Lipinski definition) is 3. The van der Waals surface area contributed by atoms with Crippen molar-refractivity contribution >= 4 is 27.5 Å². The minimum atomic E-state index is -4.52. The number of alkyl halides is 3. The molecule has 9 heteroatoms. The van der Waals surface area contributed by atoms with Crippen molar-refractivity contribution in [2.75, 3.05) is 5.32 Å². The van der Waals surface area contributed by atoms with Crippen molar-refractivity contribution < 1.29 is 22.4 Å². The van der Waals surface area contributed by atoms with Crippen molar-refractivity contribution in [3.8, 4) is 0 Å². The third-order valence-corrected chi connectivity index (χ3v) is 4.31. The summed E-state index contributed by atoms with van der Waals surface area (Å²) in [5, 5.41) is 6.56. The molecule has 0 saturated heterocycles. The molecule has 3 rings (SSSR count). The molecule has 1 amide bonds. The first-order valence-corrected chi connectivity index (χ1v) is 8.70. The van der Waals surface area contributed by atoms with Gasteiger partial charge < -0.3 is 9.73 Å². The molecule has 0 aliphatic heterocycles. The molecule has 5 nitrogen and oxygen atoms in total. The zero-order valence-electron chi connectivity index (χ0n) is 14.4. The third-order valence-electron chi connectivity index (χ3n) is 3.82. The largest absolute Gasteiger partial charge is 0.454 e. The molecule has 3 aromatic rings. The minimum Gasteiger partial charge on any atom is -0.454 e. The van der Waals surface area contributed by atoms with Crippen LogP contribution in [0.5, 0.6) is 0 Å². The van der Waals surface area contributed by atoms with Crippen molar-refractivity contribution in [2.45, 2.75) is 26.6 Å². The van der Waals surface area contributed by atoms with Gasteiger partial charge in [0.1, 0.15) is 11.5 Å². The topological polar surface area (TPSA) is 60.1 Å². The van der Waals surface area contributed by atoms with Crippen LogP contribution in [-0.4, -0.2) is 15.7 Å². The molecule has 0 fully saturated rings. The molecular formula is C18H15BrF3N3O2. The van der Waals surface area contributed by atoms with Crippen LogP contribution in [0.25, 0.3) is 0 Å². The van der Waals surface area contributed by atoms with Gasteiger partial charge in [0, 0.05) is 10.2 Å². The van der Waals surface area contributed by atoms with Gasteiger partial charge in [-0.25, -0.2) is 0 Å². The van der Waals surface area contributed by atoms with Gasteiger partial charge in [-0.15, -0.1) is 0 Å². The predicted molar refractivity (Wildman–Crippen MR) is 96.6 cm³/mol. The summed E-state index contributed by atoms with van der Waals surface area (Å²) in [5.41, 5.74) is 0.847. The maximum atomic E-state index is 13.0. The molecule has 0 bridgehead atoms. The number of aryl methyl sites for hydroxylation is 2. The zero-order chi connectivity index (χ0) is 19.8. The van der Waals surface area contributed by atoms with E-state index >= 15 is 0 Å². The summed E-state index contributed by atoms with van der Waals surface area (Å²) >= 11 is 3.34. The molecular weight excluding hydrogens is 427 g/mol. The molecule has 0 aliphatic rings. The third kappa shape index (κ3) is 4.41. The van der Waals surface area contributed by atoms with Crippen LogP contribution in [0.15, 0.2) is 45.3 Å². The fourth-order valence-electron chi connectivity index (χ4n) is 2.58. The molecule has 0 radical (unpaired) electrons. The van der Waals surface area contributed by atoms with E-state index in [9.17, 15) is 18.0 Å². The summed E-state index contributed by atoms with van der Waals surface area (Å²) in [7, 11) is 0. The van der Waals surface area contributed by atoms with Crippen LogP contribution in [0.4, 0.5) is 18.9 Å². The normalized spacial score (nSPS) is 11.6. The highest BCUT2D eigenvalue weighted by Crippen LogP contribution is 2.30. The van der Waals surface area contributed by atoms with Crippen LogP contribution < -0.4 is 5.32 Å². The van der Waals surface area contributed by atoms with Crippen LogP contribution in [0, 0.1) is 13.8 Å². The second-order valence-corrected chi connectivity index (χ2v) is 6.92. The number of halogens is 4. The van der Waals surface area contributed by atoms with Crippen LogP contribution in [0.2, 0.25) is 0 Å². The van der Waals surface area contributed by atoms with Gasteiger partial charge in [-0.1, -0.05) is 15.9 Å². The van der Waals surface area contributed by atoms with E-state index in [2.05, 4.69) is 26.3 Å². The lowest BCUT2D eigenvalue weighted by atomic mass is 10.2. The Balaban J connectivity index is 1.76.